The molecule has 1 heterocycles. The van der Waals surface area contributed by atoms with Crippen LogP contribution in [0.25, 0.3) is 10.8 Å². The minimum absolute atomic E-state index is 0.144. The van der Waals surface area contributed by atoms with Crippen molar-refractivity contribution >= 4 is 20.8 Å². The summed E-state index contributed by atoms with van der Waals surface area (Å²) in [5, 5.41) is 15.3. The van der Waals surface area contributed by atoms with Crippen molar-refractivity contribution in [3.05, 3.63) is 72.3 Å². The first kappa shape index (κ1) is 21.3. The summed E-state index contributed by atoms with van der Waals surface area (Å²) in [6.45, 7) is 3.74. The van der Waals surface area contributed by atoms with Gasteiger partial charge >= 0.3 is 0 Å². The van der Waals surface area contributed by atoms with Crippen LogP contribution in [0.5, 0.6) is 0 Å². The van der Waals surface area contributed by atoms with E-state index in [1.54, 1.807) is 56.6 Å². The molecule has 29 heavy (non-hydrogen) atoms. The summed E-state index contributed by atoms with van der Waals surface area (Å²) in [4.78, 5) is 4.19. The quantitative estimate of drug-likeness (QED) is 0.524. The van der Waals surface area contributed by atoms with Crippen molar-refractivity contribution < 1.29 is 17.9 Å². The van der Waals surface area contributed by atoms with Gasteiger partial charge in [0.1, 0.15) is 5.82 Å². The van der Waals surface area contributed by atoms with Gasteiger partial charge in [-0.25, -0.2) is 17.5 Å². The largest absolute Gasteiger partial charge is 0.384 e. The maximum absolute atomic E-state index is 13.4. The fraction of sp³-hybridized carbons (Fsp3) is 0.286. The number of hydrogen-bond donors (Lipinski definition) is 3. The van der Waals surface area contributed by atoms with E-state index in [2.05, 4.69) is 15.0 Å². The van der Waals surface area contributed by atoms with E-state index in [-0.39, 0.29) is 11.4 Å². The molecule has 6 nitrogen and oxygen atoms in total. The molecular weight excluding hydrogens is 393 g/mol. The van der Waals surface area contributed by atoms with Crippen molar-refractivity contribution in [2.45, 2.75) is 30.4 Å². The first-order chi connectivity index (χ1) is 13.7. The maximum Gasteiger partial charge on any atom is 0.240 e. The van der Waals surface area contributed by atoms with Gasteiger partial charge in [-0.2, -0.15) is 0 Å². The van der Waals surface area contributed by atoms with Gasteiger partial charge in [0, 0.05) is 36.9 Å². The van der Waals surface area contributed by atoms with Gasteiger partial charge in [0.15, 0.2) is 0 Å². The van der Waals surface area contributed by atoms with Gasteiger partial charge in [-0.1, -0.05) is 18.2 Å². The van der Waals surface area contributed by atoms with E-state index < -0.39 is 27.5 Å². The van der Waals surface area contributed by atoms with Crippen LogP contribution in [0.15, 0.2) is 65.8 Å². The highest BCUT2D eigenvalue weighted by molar-refractivity contribution is 7.89. The molecule has 3 aromatic rings. The Hall–Kier alpha value is -2.39. The zero-order chi connectivity index (χ0) is 21.1. The van der Waals surface area contributed by atoms with Gasteiger partial charge in [-0.3, -0.25) is 4.98 Å². The number of fused-ring (bicyclic) bond motifs is 1. The van der Waals surface area contributed by atoms with Gasteiger partial charge in [0.25, 0.3) is 0 Å². The standard InChI is InChI=1S/C21H24FN3O3S/c1-15(12-24-14-21(2,26)18-4-3-5-19(22)11-18)25-29(27,28)20-7-6-17-13-23-9-8-16(17)10-20/h3-11,13,15,24-26H,12,14H2,1-2H3/t15-,21?/m1/s1. The number of benzene rings is 2. The van der Waals surface area contributed by atoms with E-state index in [4.69, 9.17) is 0 Å². The second-order valence-electron chi connectivity index (χ2n) is 7.32. The summed E-state index contributed by atoms with van der Waals surface area (Å²) < 4.78 is 41.3. The second kappa shape index (κ2) is 8.54. The second-order valence-corrected chi connectivity index (χ2v) is 9.04. The summed E-state index contributed by atoms with van der Waals surface area (Å²) in [6.07, 6.45) is 3.29. The van der Waals surface area contributed by atoms with Crippen LogP contribution in [0.3, 0.4) is 0 Å². The molecule has 3 rings (SSSR count). The Morgan fingerprint density at radius 1 is 1.17 bits per heavy atom. The van der Waals surface area contributed by atoms with Crippen LogP contribution in [0.2, 0.25) is 0 Å². The number of halogens is 1. The monoisotopic (exact) mass is 417 g/mol. The van der Waals surface area contributed by atoms with Crippen LogP contribution in [0.4, 0.5) is 4.39 Å². The molecule has 0 bridgehead atoms. The lowest BCUT2D eigenvalue weighted by molar-refractivity contribution is 0.0565. The predicted octanol–water partition coefficient (Wildman–Crippen LogP) is 2.54. The topological polar surface area (TPSA) is 91.3 Å². The summed E-state index contributed by atoms with van der Waals surface area (Å²) in [6, 6.07) is 12.0. The van der Waals surface area contributed by atoms with E-state index in [1.807, 2.05) is 0 Å². The minimum Gasteiger partial charge on any atom is -0.384 e. The van der Waals surface area contributed by atoms with E-state index in [1.165, 1.54) is 18.2 Å². The average Bonchev–Trinajstić information content (AvgIpc) is 2.67. The van der Waals surface area contributed by atoms with Crippen LogP contribution in [0.1, 0.15) is 19.4 Å². The number of pyridine rings is 1. The molecule has 0 aliphatic carbocycles. The zero-order valence-electron chi connectivity index (χ0n) is 16.3. The van der Waals surface area contributed by atoms with Crippen LogP contribution >= 0.6 is 0 Å². The first-order valence-corrected chi connectivity index (χ1v) is 10.7. The number of aliphatic hydroxyl groups is 1. The van der Waals surface area contributed by atoms with Gasteiger partial charge in [0.05, 0.1) is 10.5 Å². The van der Waals surface area contributed by atoms with Crippen molar-refractivity contribution in [3.63, 3.8) is 0 Å². The van der Waals surface area contributed by atoms with Gasteiger partial charge < -0.3 is 10.4 Å². The Bertz CT molecular complexity index is 1100. The summed E-state index contributed by atoms with van der Waals surface area (Å²) in [5.41, 5.74) is -0.837. The third-order valence-electron chi connectivity index (χ3n) is 4.64. The lowest BCUT2D eigenvalue weighted by Crippen LogP contribution is -2.44. The molecule has 0 amide bonds. The Morgan fingerprint density at radius 2 is 1.97 bits per heavy atom. The number of nitrogens with one attached hydrogen (secondary N) is 2. The third kappa shape index (κ3) is 5.36. The van der Waals surface area contributed by atoms with Crippen molar-refractivity contribution in [1.29, 1.82) is 0 Å². The van der Waals surface area contributed by atoms with E-state index in [0.29, 0.717) is 12.1 Å². The molecule has 0 saturated carbocycles. The molecule has 0 aliphatic heterocycles. The fourth-order valence-electron chi connectivity index (χ4n) is 3.06. The molecule has 0 spiro atoms. The molecule has 3 N–H and O–H groups in total. The molecule has 0 radical (unpaired) electrons. The molecule has 154 valence electrons. The van der Waals surface area contributed by atoms with Crippen LogP contribution in [-0.2, 0) is 15.6 Å². The Balaban J connectivity index is 1.60. The Kier molecular flexibility index (Phi) is 6.28. The Labute approximate surface area is 169 Å². The average molecular weight is 418 g/mol. The summed E-state index contributed by atoms with van der Waals surface area (Å²) in [7, 11) is -3.70. The molecule has 0 saturated heterocycles. The summed E-state index contributed by atoms with van der Waals surface area (Å²) in [5.74, 6) is -0.421. The number of aromatic nitrogens is 1. The lowest BCUT2D eigenvalue weighted by Gasteiger charge is -2.25. The highest BCUT2D eigenvalue weighted by atomic mass is 32.2. The molecule has 1 aromatic heterocycles. The molecule has 8 heteroatoms. The van der Waals surface area contributed by atoms with Gasteiger partial charge in [0.2, 0.25) is 10.0 Å². The fourth-order valence-corrected chi connectivity index (χ4v) is 4.34. The number of rotatable bonds is 8. The van der Waals surface area contributed by atoms with Crippen LogP contribution < -0.4 is 10.0 Å². The molecule has 2 aromatic carbocycles. The van der Waals surface area contributed by atoms with E-state index in [0.717, 1.165) is 10.8 Å². The van der Waals surface area contributed by atoms with Crippen molar-refractivity contribution in [2.75, 3.05) is 13.1 Å². The number of nitrogens with zero attached hydrogens (tertiary/aromatic N) is 1. The van der Waals surface area contributed by atoms with Crippen molar-refractivity contribution in [3.8, 4) is 0 Å². The van der Waals surface area contributed by atoms with Gasteiger partial charge in [-0.15, -0.1) is 0 Å². The molecular formula is C21H24FN3O3S. The highest BCUT2D eigenvalue weighted by Crippen LogP contribution is 2.21. The molecule has 2 atom stereocenters. The SMILES string of the molecule is C[C@H](CNCC(C)(O)c1cccc(F)c1)NS(=O)(=O)c1ccc2cnccc2c1. The smallest absolute Gasteiger partial charge is 0.240 e. The van der Waals surface area contributed by atoms with E-state index >= 15 is 0 Å². The predicted molar refractivity (Wildman–Crippen MR) is 110 cm³/mol. The Morgan fingerprint density at radius 3 is 2.72 bits per heavy atom. The maximum atomic E-state index is 13.4. The van der Waals surface area contributed by atoms with Crippen molar-refractivity contribution in [2.24, 2.45) is 0 Å². The van der Waals surface area contributed by atoms with Crippen LogP contribution in [-0.4, -0.2) is 37.6 Å². The van der Waals surface area contributed by atoms with E-state index in [9.17, 15) is 17.9 Å². The first-order valence-electron chi connectivity index (χ1n) is 9.23. The zero-order valence-corrected chi connectivity index (χ0v) is 17.1. The number of hydrogen-bond acceptors (Lipinski definition) is 5. The van der Waals surface area contributed by atoms with Crippen molar-refractivity contribution in [1.82, 2.24) is 15.0 Å². The lowest BCUT2D eigenvalue weighted by atomic mass is 9.96. The molecule has 0 aliphatic rings. The number of sulfonamides is 1. The van der Waals surface area contributed by atoms with Gasteiger partial charge in [-0.05, 0) is 55.1 Å². The molecule has 0 fully saturated rings. The minimum atomic E-state index is -3.70. The molecule has 1 unspecified atom stereocenters. The summed E-state index contributed by atoms with van der Waals surface area (Å²) >= 11 is 0. The van der Waals surface area contributed by atoms with Crippen LogP contribution in [0, 0.1) is 5.82 Å². The highest BCUT2D eigenvalue weighted by Gasteiger charge is 2.24. The normalized spacial score (nSPS) is 15.2. The third-order valence-corrected chi connectivity index (χ3v) is 6.23.